The molecule has 33 heavy (non-hydrogen) atoms. The normalized spacial score (nSPS) is 16.2. The molecule has 0 radical (unpaired) electrons. The molecule has 3 aromatic rings. The molecule has 3 heterocycles. The molecule has 1 aromatic carbocycles. The van der Waals surface area contributed by atoms with E-state index in [9.17, 15) is 4.79 Å². The van der Waals surface area contributed by atoms with Gasteiger partial charge in [0.2, 0.25) is 5.78 Å². The van der Waals surface area contributed by atoms with Gasteiger partial charge in [0.05, 0.1) is 31.0 Å². The number of carbonyl (C=O) groups is 1. The first kappa shape index (κ1) is 23.0. The highest BCUT2D eigenvalue weighted by Gasteiger charge is 2.27. The second-order valence-corrected chi connectivity index (χ2v) is 9.29. The van der Waals surface area contributed by atoms with Crippen molar-refractivity contribution in [1.82, 2.24) is 19.7 Å². The number of fused-ring (bicyclic) bond motifs is 1. The average molecular weight is 474 g/mol. The molecule has 1 fully saturated rings. The third-order valence-electron chi connectivity index (χ3n) is 5.29. The molecule has 4 rings (SSSR count). The third kappa shape index (κ3) is 5.08. The lowest BCUT2D eigenvalue weighted by Gasteiger charge is -2.22. The highest BCUT2D eigenvalue weighted by Crippen LogP contribution is 2.38. The van der Waals surface area contributed by atoms with Crippen molar-refractivity contribution >= 4 is 29.3 Å². The number of hydrogen-bond acceptors (Lipinski definition) is 7. The molecule has 10 heteroatoms. The highest BCUT2D eigenvalue weighted by molar-refractivity contribution is 6.32. The Morgan fingerprint density at radius 1 is 1.18 bits per heavy atom. The van der Waals surface area contributed by atoms with Crippen LogP contribution in [0.4, 0.5) is 10.6 Å². The Balaban J connectivity index is 1.53. The number of imidazole rings is 1. The number of hydrogen-bond donors (Lipinski definition) is 1. The number of aromatic nitrogens is 3. The fraction of sp³-hybridized carbons (Fsp3) is 0.435. The minimum atomic E-state index is -0.524. The maximum absolute atomic E-state index is 12.1. The number of carbonyl (C=O) groups excluding carboxylic acids is 1. The lowest BCUT2D eigenvalue weighted by Crippen LogP contribution is -2.40. The summed E-state index contributed by atoms with van der Waals surface area (Å²) in [6.07, 6.45) is 4.21. The number of nitrogens with one attached hydrogen (secondary N) is 1. The lowest BCUT2D eigenvalue weighted by molar-refractivity contribution is 0.0509. The second-order valence-electron chi connectivity index (χ2n) is 8.88. The molecule has 0 saturated carbocycles. The van der Waals surface area contributed by atoms with Crippen molar-refractivity contribution in [1.29, 1.82) is 0 Å². The number of amides is 1. The number of ether oxygens (including phenoxy) is 3. The van der Waals surface area contributed by atoms with Gasteiger partial charge in [-0.1, -0.05) is 11.6 Å². The van der Waals surface area contributed by atoms with E-state index in [-0.39, 0.29) is 6.04 Å². The summed E-state index contributed by atoms with van der Waals surface area (Å²) in [5.41, 5.74) is 0.912. The van der Waals surface area contributed by atoms with Gasteiger partial charge in [0.1, 0.15) is 22.9 Å². The summed E-state index contributed by atoms with van der Waals surface area (Å²) >= 11 is 6.33. The first-order valence-corrected chi connectivity index (χ1v) is 11.1. The fourth-order valence-electron chi connectivity index (χ4n) is 3.79. The van der Waals surface area contributed by atoms with Gasteiger partial charge in [-0.15, -0.1) is 0 Å². The van der Waals surface area contributed by atoms with Crippen LogP contribution in [0.2, 0.25) is 5.02 Å². The van der Waals surface area contributed by atoms with Gasteiger partial charge >= 0.3 is 6.09 Å². The van der Waals surface area contributed by atoms with E-state index < -0.39 is 11.7 Å². The van der Waals surface area contributed by atoms with Crippen LogP contribution in [0.25, 0.3) is 17.0 Å². The van der Waals surface area contributed by atoms with Crippen molar-refractivity contribution in [3.63, 3.8) is 0 Å². The van der Waals surface area contributed by atoms with E-state index in [1.165, 1.54) is 0 Å². The number of anilines is 1. The summed E-state index contributed by atoms with van der Waals surface area (Å²) in [4.78, 5) is 23.6. The maximum Gasteiger partial charge on any atom is 0.407 e. The largest absolute Gasteiger partial charge is 0.496 e. The summed E-state index contributed by atoms with van der Waals surface area (Å²) < 4.78 is 18.0. The third-order valence-corrected chi connectivity index (χ3v) is 5.59. The molecule has 0 unspecified atom stereocenters. The molecule has 1 saturated heterocycles. The standard InChI is InChI=1S/C23H28ClN5O4/c1-23(2,3)33-22(30)25-14-6-8-28(12-14)20-7-9-29-13-17(26-21(29)27-20)15-10-16(24)19(32-5)11-18(15)31-4/h7,9-11,13-14H,6,8,12H2,1-5H3,(H,25,30)/t14-/m0/s1. The Labute approximate surface area is 197 Å². The predicted molar refractivity (Wildman–Crippen MR) is 127 cm³/mol. The molecule has 1 atom stereocenters. The Morgan fingerprint density at radius 2 is 1.94 bits per heavy atom. The molecule has 1 aliphatic heterocycles. The van der Waals surface area contributed by atoms with Gasteiger partial charge in [-0.3, -0.25) is 4.40 Å². The lowest BCUT2D eigenvalue weighted by atomic mass is 10.1. The van der Waals surface area contributed by atoms with E-state index >= 15 is 0 Å². The number of benzene rings is 1. The van der Waals surface area contributed by atoms with Gasteiger partial charge in [0.15, 0.2) is 0 Å². The van der Waals surface area contributed by atoms with Crippen molar-refractivity contribution in [2.24, 2.45) is 0 Å². The van der Waals surface area contributed by atoms with Crippen molar-refractivity contribution in [2.75, 3.05) is 32.2 Å². The van der Waals surface area contributed by atoms with Crippen LogP contribution in [0.15, 0.2) is 30.6 Å². The summed E-state index contributed by atoms with van der Waals surface area (Å²) in [5.74, 6) is 2.49. The van der Waals surface area contributed by atoms with Crippen LogP contribution in [0.5, 0.6) is 11.5 Å². The molecule has 1 N–H and O–H groups in total. The average Bonchev–Trinajstić information content (AvgIpc) is 3.38. The van der Waals surface area contributed by atoms with Gasteiger partial charge in [0.25, 0.3) is 0 Å². The molecule has 176 valence electrons. The van der Waals surface area contributed by atoms with Crippen LogP contribution in [-0.2, 0) is 4.74 Å². The summed E-state index contributed by atoms with van der Waals surface area (Å²) in [7, 11) is 3.15. The molecular weight excluding hydrogens is 446 g/mol. The molecule has 0 aliphatic carbocycles. The van der Waals surface area contributed by atoms with Crippen LogP contribution in [0.3, 0.4) is 0 Å². The molecule has 1 amide bonds. The first-order valence-electron chi connectivity index (χ1n) is 10.7. The number of alkyl carbamates (subject to hydrolysis) is 1. The quantitative estimate of drug-likeness (QED) is 0.594. The van der Waals surface area contributed by atoms with Gasteiger partial charge in [-0.2, -0.15) is 4.98 Å². The fourth-order valence-corrected chi connectivity index (χ4v) is 4.03. The van der Waals surface area contributed by atoms with E-state index in [1.807, 2.05) is 43.6 Å². The summed E-state index contributed by atoms with van der Waals surface area (Å²) in [6, 6.07) is 5.45. The van der Waals surface area contributed by atoms with E-state index in [0.717, 1.165) is 24.3 Å². The van der Waals surface area contributed by atoms with Crippen molar-refractivity contribution in [3.05, 3.63) is 35.6 Å². The minimum absolute atomic E-state index is 0.00103. The molecule has 2 aromatic heterocycles. The van der Waals surface area contributed by atoms with E-state index in [2.05, 4.69) is 15.2 Å². The van der Waals surface area contributed by atoms with Gasteiger partial charge < -0.3 is 24.4 Å². The van der Waals surface area contributed by atoms with Crippen molar-refractivity contribution in [2.45, 2.75) is 38.8 Å². The van der Waals surface area contributed by atoms with Crippen LogP contribution in [0.1, 0.15) is 27.2 Å². The Kier molecular flexibility index (Phi) is 6.25. The topological polar surface area (TPSA) is 90.2 Å². The molecule has 0 bridgehead atoms. The van der Waals surface area contributed by atoms with Crippen LogP contribution in [-0.4, -0.2) is 59.4 Å². The van der Waals surface area contributed by atoms with Crippen molar-refractivity contribution < 1.29 is 19.0 Å². The zero-order valence-electron chi connectivity index (χ0n) is 19.4. The predicted octanol–water partition coefficient (Wildman–Crippen LogP) is 4.17. The molecule has 9 nitrogen and oxygen atoms in total. The Bertz CT molecular complexity index is 1170. The SMILES string of the molecule is COc1cc(OC)c(-c2cn3ccc(N4CC[C@H](NC(=O)OC(C)(C)C)C4)nc3n2)cc1Cl. The molecule has 0 spiro atoms. The van der Waals surface area contributed by atoms with Crippen LogP contribution in [0, 0.1) is 0 Å². The summed E-state index contributed by atoms with van der Waals surface area (Å²) in [6.45, 7) is 6.97. The number of rotatable bonds is 5. The smallest absolute Gasteiger partial charge is 0.407 e. The Morgan fingerprint density at radius 3 is 2.64 bits per heavy atom. The zero-order valence-corrected chi connectivity index (χ0v) is 20.1. The highest BCUT2D eigenvalue weighted by atomic mass is 35.5. The first-order chi connectivity index (χ1) is 15.7. The number of nitrogens with zero attached hydrogens (tertiary/aromatic N) is 4. The summed E-state index contributed by atoms with van der Waals surface area (Å²) in [5, 5.41) is 3.41. The van der Waals surface area contributed by atoms with Gasteiger partial charge in [-0.25, -0.2) is 9.78 Å². The maximum atomic E-state index is 12.1. The molecular formula is C23H28ClN5O4. The zero-order chi connectivity index (χ0) is 23.8. The number of methoxy groups -OCH3 is 2. The van der Waals surface area contributed by atoms with Crippen molar-refractivity contribution in [3.8, 4) is 22.8 Å². The second kappa shape index (κ2) is 8.97. The Hall–Kier alpha value is -3.20. The van der Waals surface area contributed by atoms with Crippen LogP contribution < -0.4 is 19.7 Å². The van der Waals surface area contributed by atoms with Crippen LogP contribution >= 0.6 is 11.6 Å². The molecule has 1 aliphatic rings. The van der Waals surface area contributed by atoms with Gasteiger partial charge in [-0.05, 0) is 39.3 Å². The van der Waals surface area contributed by atoms with E-state index in [0.29, 0.717) is 34.5 Å². The van der Waals surface area contributed by atoms with E-state index in [4.69, 9.17) is 30.8 Å². The van der Waals surface area contributed by atoms with E-state index in [1.54, 1.807) is 26.4 Å². The minimum Gasteiger partial charge on any atom is -0.496 e. The monoisotopic (exact) mass is 473 g/mol. The number of halogens is 1. The van der Waals surface area contributed by atoms with Gasteiger partial charge in [0, 0.05) is 37.1 Å².